The Labute approximate surface area is 197 Å². The van der Waals surface area contributed by atoms with E-state index in [1.807, 2.05) is 25.1 Å². The van der Waals surface area contributed by atoms with Crippen LogP contribution in [0.5, 0.6) is 11.5 Å². The smallest absolute Gasteiger partial charge is 0.142 e. The van der Waals surface area contributed by atoms with Gasteiger partial charge in [-0.3, -0.25) is 4.90 Å². The first-order valence-electron chi connectivity index (χ1n) is 12.0. The molecule has 3 aromatic rings. The number of para-hydroxylation sites is 2. The summed E-state index contributed by atoms with van der Waals surface area (Å²) in [7, 11) is 1.74. The molecule has 0 saturated carbocycles. The number of unbranched alkanes of at least 4 members (excludes halogenated alkanes) is 1. The molecular formula is C27H35N3O3. The summed E-state index contributed by atoms with van der Waals surface area (Å²) < 4.78 is 16.7. The average molecular weight is 450 g/mol. The maximum atomic E-state index is 5.95. The van der Waals surface area contributed by atoms with Gasteiger partial charge < -0.3 is 18.9 Å². The second-order valence-electron chi connectivity index (χ2n) is 8.63. The van der Waals surface area contributed by atoms with Crippen LogP contribution in [0.15, 0.2) is 59.1 Å². The summed E-state index contributed by atoms with van der Waals surface area (Å²) >= 11 is 0. The summed E-state index contributed by atoms with van der Waals surface area (Å²) in [5.41, 5.74) is 3.42. The number of hydrogen-bond donors (Lipinski definition) is 0. The van der Waals surface area contributed by atoms with Crippen molar-refractivity contribution in [2.24, 2.45) is 0 Å². The first-order valence-corrected chi connectivity index (χ1v) is 12.0. The number of nitrogens with zero attached hydrogens (tertiary/aromatic N) is 3. The molecule has 4 rings (SSSR count). The zero-order chi connectivity index (χ0) is 22.9. The van der Waals surface area contributed by atoms with Crippen molar-refractivity contribution < 1.29 is 14.0 Å². The van der Waals surface area contributed by atoms with Crippen molar-refractivity contribution in [1.82, 2.24) is 10.1 Å². The Morgan fingerprint density at radius 2 is 1.73 bits per heavy atom. The minimum Gasteiger partial charge on any atom is -0.495 e. The molecule has 0 bridgehead atoms. The summed E-state index contributed by atoms with van der Waals surface area (Å²) in [6.45, 7) is 8.10. The Kier molecular flexibility index (Phi) is 8.25. The van der Waals surface area contributed by atoms with Crippen molar-refractivity contribution in [3.05, 3.63) is 71.6 Å². The van der Waals surface area contributed by atoms with Gasteiger partial charge in [0.15, 0.2) is 0 Å². The molecule has 0 N–H and O–H groups in total. The number of aryl methyl sites for hydroxylation is 3. The number of hydrogen-bond acceptors (Lipinski definition) is 6. The van der Waals surface area contributed by atoms with Crippen molar-refractivity contribution in [1.29, 1.82) is 0 Å². The fraction of sp³-hybridized carbons (Fsp3) is 0.444. The largest absolute Gasteiger partial charge is 0.495 e. The van der Waals surface area contributed by atoms with Gasteiger partial charge in [0.1, 0.15) is 17.3 Å². The molecule has 0 spiro atoms. The summed E-state index contributed by atoms with van der Waals surface area (Å²) in [6.07, 6.45) is 4.04. The maximum Gasteiger partial charge on any atom is 0.142 e. The highest BCUT2D eigenvalue weighted by molar-refractivity contribution is 5.58. The van der Waals surface area contributed by atoms with Crippen LogP contribution in [0.3, 0.4) is 0 Å². The number of anilines is 1. The minimum atomic E-state index is 0.762. The average Bonchev–Trinajstić information content (AvgIpc) is 3.28. The Balaban J connectivity index is 1.09. The predicted octanol–water partition coefficient (Wildman–Crippen LogP) is 4.76. The lowest BCUT2D eigenvalue weighted by molar-refractivity contribution is 0.238. The molecule has 2 aromatic carbocycles. The molecule has 0 radical (unpaired) electrons. The normalized spacial score (nSPS) is 14.4. The van der Waals surface area contributed by atoms with Crippen molar-refractivity contribution in [2.45, 2.75) is 32.6 Å². The molecule has 0 amide bonds. The highest BCUT2D eigenvalue weighted by Gasteiger charge is 2.19. The van der Waals surface area contributed by atoms with Gasteiger partial charge in [-0.05, 0) is 62.6 Å². The van der Waals surface area contributed by atoms with Crippen molar-refractivity contribution in [3.63, 3.8) is 0 Å². The maximum absolute atomic E-state index is 5.95. The van der Waals surface area contributed by atoms with Crippen LogP contribution in [0.4, 0.5) is 5.69 Å². The van der Waals surface area contributed by atoms with Crippen molar-refractivity contribution in [2.75, 3.05) is 51.3 Å². The van der Waals surface area contributed by atoms with E-state index in [-0.39, 0.29) is 0 Å². The van der Waals surface area contributed by atoms with E-state index >= 15 is 0 Å². The van der Waals surface area contributed by atoms with Gasteiger partial charge >= 0.3 is 0 Å². The number of ether oxygens (including phenoxy) is 2. The van der Waals surface area contributed by atoms with Gasteiger partial charge in [0.05, 0.1) is 25.1 Å². The summed E-state index contributed by atoms with van der Waals surface area (Å²) in [6, 6.07) is 18.7. The second kappa shape index (κ2) is 11.8. The molecule has 176 valence electrons. The molecule has 33 heavy (non-hydrogen) atoms. The van der Waals surface area contributed by atoms with Crippen LogP contribution in [-0.4, -0.2) is 56.5 Å². The zero-order valence-corrected chi connectivity index (χ0v) is 19.8. The third kappa shape index (κ3) is 6.75. The summed E-state index contributed by atoms with van der Waals surface area (Å²) in [5.74, 6) is 2.84. The van der Waals surface area contributed by atoms with E-state index in [4.69, 9.17) is 14.0 Å². The van der Waals surface area contributed by atoms with Gasteiger partial charge in [-0.2, -0.15) is 0 Å². The van der Waals surface area contributed by atoms with Gasteiger partial charge in [-0.25, -0.2) is 0 Å². The molecule has 6 nitrogen and oxygen atoms in total. The molecule has 0 aliphatic carbocycles. The van der Waals surface area contributed by atoms with Gasteiger partial charge in [0, 0.05) is 38.7 Å². The van der Waals surface area contributed by atoms with E-state index in [2.05, 4.69) is 51.4 Å². The fourth-order valence-electron chi connectivity index (χ4n) is 4.28. The molecule has 0 atom stereocenters. The van der Waals surface area contributed by atoms with Crippen molar-refractivity contribution in [3.8, 4) is 11.5 Å². The number of methoxy groups -OCH3 is 1. The quantitative estimate of drug-likeness (QED) is 0.394. The number of benzene rings is 2. The van der Waals surface area contributed by atoms with Gasteiger partial charge in [0.2, 0.25) is 0 Å². The van der Waals surface area contributed by atoms with Gasteiger partial charge in [-0.1, -0.05) is 29.4 Å². The Morgan fingerprint density at radius 3 is 2.45 bits per heavy atom. The van der Waals surface area contributed by atoms with Crippen molar-refractivity contribution >= 4 is 5.69 Å². The molecule has 1 aliphatic heterocycles. The van der Waals surface area contributed by atoms with Crippen LogP contribution in [0.1, 0.15) is 29.9 Å². The molecule has 1 saturated heterocycles. The van der Waals surface area contributed by atoms with E-state index in [1.165, 1.54) is 11.3 Å². The first kappa shape index (κ1) is 23.2. The van der Waals surface area contributed by atoms with Gasteiger partial charge in [0.25, 0.3) is 0 Å². The molecule has 0 unspecified atom stereocenters. The van der Waals surface area contributed by atoms with E-state index in [9.17, 15) is 0 Å². The standard InChI is InChI=1S/C27H35N3O3/c1-22-21-25(33-28-22)14-11-23-9-12-24(13-10-23)32-20-6-5-15-29-16-18-30(19-17-29)26-7-3-4-8-27(26)31-2/h3-4,7-10,12-13,21H,5-6,11,14-20H2,1-2H3. The number of rotatable bonds is 11. The molecule has 2 heterocycles. The van der Waals surface area contributed by atoms with Crippen LogP contribution in [-0.2, 0) is 12.8 Å². The third-order valence-corrected chi connectivity index (χ3v) is 6.20. The predicted molar refractivity (Wildman–Crippen MR) is 131 cm³/mol. The highest BCUT2D eigenvalue weighted by Crippen LogP contribution is 2.28. The van der Waals surface area contributed by atoms with Crippen LogP contribution in [0, 0.1) is 6.92 Å². The lowest BCUT2D eigenvalue weighted by Gasteiger charge is -2.36. The molecule has 1 aromatic heterocycles. The van der Waals surface area contributed by atoms with Crippen LogP contribution < -0.4 is 14.4 Å². The molecule has 1 fully saturated rings. The fourth-order valence-corrected chi connectivity index (χ4v) is 4.28. The van der Waals surface area contributed by atoms with E-state index < -0.39 is 0 Å². The van der Waals surface area contributed by atoms with E-state index in [1.54, 1.807) is 7.11 Å². The third-order valence-electron chi connectivity index (χ3n) is 6.20. The molecule has 1 aliphatic rings. The second-order valence-corrected chi connectivity index (χ2v) is 8.63. The lowest BCUT2D eigenvalue weighted by Crippen LogP contribution is -2.46. The Bertz CT molecular complexity index is 978. The van der Waals surface area contributed by atoms with E-state index in [0.717, 1.165) is 88.0 Å². The first-order chi connectivity index (χ1) is 16.2. The Hall–Kier alpha value is -2.99. The SMILES string of the molecule is COc1ccccc1N1CCN(CCCCOc2ccc(CCc3cc(C)no3)cc2)CC1. The van der Waals surface area contributed by atoms with E-state index in [0.29, 0.717) is 0 Å². The minimum absolute atomic E-state index is 0.762. The Morgan fingerprint density at radius 1 is 0.939 bits per heavy atom. The van der Waals surface area contributed by atoms with Crippen LogP contribution in [0.2, 0.25) is 0 Å². The number of aromatic nitrogens is 1. The summed E-state index contributed by atoms with van der Waals surface area (Å²) in [4.78, 5) is 4.98. The van der Waals surface area contributed by atoms with Gasteiger partial charge in [-0.15, -0.1) is 0 Å². The topological polar surface area (TPSA) is 51.0 Å². The molecule has 6 heteroatoms. The zero-order valence-electron chi connectivity index (χ0n) is 19.8. The lowest BCUT2D eigenvalue weighted by atomic mass is 10.1. The monoisotopic (exact) mass is 449 g/mol. The summed E-state index contributed by atoms with van der Waals surface area (Å²) in [5, 5.41) is 3.94. The van der Waals surface area contributed by atoms with Crippen LogP contribution >= 0.6 is 0 Å². The molecular weight excluding hydrogens is 414 g/mol. The van der Waals surface area contributed by atoms with Crippen LogP contribution in [0.25, 0.3) is 0 Å². The highest BCUT2D eigenvalue weighted by atomic mass is 16.5. The number of piperazine rings is 1.